The number of nitrogens with one attached hydrogen (secondary N) is 2. The van der Waals surface area contributed by atoms with Gasteiger partial charge in [0.15, 0.2) is 0 Å². The molecule has 1 aromatic carbocycles. The van der Waals surface area contributed by atoms with Crippen LogP contribution >= 0.6 is 11.6 Å². The number of halogens is 1. The lowest BCUT2D eigenvalue weighted by Gasteiger charge is -2.34. The van der Waals surface area contributed by atoms with Crippen molar-refractivity contribution in [2.75, 3.05) is 25.5 Å². The number of nitrogens with zero attached hydrogens (tertiary/aromatic N) is 1. The number of alkyl halides is 1. The Balaban J connectivity index is 1.74. The summed E-state index contributed by atoms with van der Waals surface area (Å²) in [5, 5.41) is 5.66. The highest BCUT2D eigenvalue weighted by atomic mass is 35.5. The van der Waals surface area contributed by atoms with Gasteiger partial charge in [-0.2, -0.15) is 0 Å². The quantitative estimate of drug-likeness (QED) is 0.739. The highest BCUT2D eigenvalue weighted by molar-refractivity contribution is 6.19. The summed E-state index contributed by atoms with van der Waals surface area (Å²) in [6.45, 7) is 4.72. The maximum absolute atomic E-state index is 12.3. The van der Waals surface area contributed by atoms with Gasteiger partial charge < -0.3 is 15.5 Å². The maximum atomic E-state index is 12.3. The van der Waals surface area contributed by atoms with Crippen molar-refractivity contribution in [1.29, 1.82) is 0 Å². The van der Waals surface area contributed by atoms with Crippen molar-refractivity contribution in [3.05, 3.63) is 35.9 Å². The van der Waals surface area contributed by atoms with E-state index in [0.29, 0.717) is 31.5 Å². The second-order valence-electron chi connectivity index (χ2n) is 7.19. The molecule has 1 aliphatic rings. The van der Waals surface area contributed by atoms with Crippen LogP contribution in [-0.2, 0) is 9.59 Å². The zero-order chi connectivity index (χ0) is 19.2. The molecule has 1 saturated heterocycles. The molecule has 1 fully saturated rings. The summed E-state index contributed by atoms with van der Waals surface area (Å²) in [6.07, 6.45) is 1.39. The fourth-order valence-corrected chi connectivity index (χ4v) is 2.80. The molecule has 1 aliphatic heterocycles. The Bertz CT molecular complexity index is 641. The molecule has 0 unspecified atom stereocenters. The molecule has 0 bridgehead atoms. The first-order valence-electron chi connectivity index (χ1n) is 8.81. The normalized spacial score (nSPS) is 15.4. The topological polar surface area (TPSA) is 78.5 Å². The van der Waals surface area contributed by atoms with Crippen LogP contribution in [0.15, 0.2) is 30.3 Å². The van der Waals surface area contributed by atoms with Gasteiger partial charge in [-0.3, -0.25) is 14.4 Å². The molecule has 0 aliphatic carbocycles. The van der Waals surface area contributed by atoms with Gasteiger partial charge in [0, 0.05) is 30.6 Å². The average molecular weight is 380 g/mol. The Morgan fingerprint density at radius 3 is 2.35 bits per heavy atom. The van der Waals surface area contributed by atoms with Gasteiger partial charge in [0.25, 0.3) is 5.91 Å². The standard InChI is InChI=1S/C19H26ClN3O3/c1-19(2,13-20)18(26)22-15-8-10-23(11-9-15)16(24)12-21-17(25)14-6-4-3-5-7-14/h3-7,15H,8-13H2,1-2H3,(H,21,25)(H,22,26). The van der Waals surface area contributed by atoms with E-state index < -0.39 is 5.41 Å². The number of rotatable bonds is 6. The molecule has 6 nitrogen and oxygen atoms in total. The lowest BCUT2D eigenvalue weighted by molar-refractivity contribution is -0.132. The molecule has 0 aromatic heterocycles. The molecule has 2 N–H and O–H groups in total. The zero-order valence-corrected chi connectivity index (χ0v) is 16.0. The third-order valence-electron chi connectivity index (χ3n) is 4.57. The van der Waals surface area contributed by atoms with Gasteiger partial charge in [0.05, 0.1) is 12.0 Å². The third-order valence-corrected chi connectivity index (χ3v) is 5.24. The van der Waals surface area contributed by atoms with Crippen molar-refractivity contribution >= 4 is 29.3 Å². The van der Waals surface area contributed by atoms with E-state index in [4.69, 9.17) is 11.6 Å². The fraction of sp³-hybridized carbons (Fsp3) is 0.526. The summed E-state index contributed by atoms with van der Waals surface area (Å²) < 4.78 is 0. The van der Waals surface area contributed by atoms with Crippen LogP contribution in [0.1, 0.15) is 37.0 Å². The molecule has 26 heavy (non-hydrogen) atoms. The van der Waals surface area contributed by atoms with Crippen LogP contribution in [0.3, 0.4) is 0 Å². The van der Waals surface area contributed by atoms with Crippen LogP contribution in [0.4, 0.5) is 0 Å². The Morgan fingerprint density at radius 1 is 1.15 bits per heavy atom. The molecule has 0 saturated carbocycles. The summed E-state index contributed by atoms with van der Waals surface area (Å²) in [7, 11) is 0. The largest absolute Gasteiger partial charge is 0.353 e. The number of benzene rings is 1. The Labute approximate surface area is 159 Å². The Kier molecular flexibility index (Phi) is 7.03. The number of hydrogen-bond donors (Lipinski definition) is 2. The van der Waals surface area contributed by atoms with Crippen LogP contribution in [0.25, 0.3) is 0 Å². The smallest absolute Gasteiger partial charge is 0.251 e. The number of amides is 3. The SMILES string of the molecule is CC(C)(CCl)C(=O)NC1CCN(C(=O)CNC(=O)c2ccccc2)CC1. The van der Waals surface area contributed by atoms with E-state index in [2.05, 4.69) is 10.6 Å². The molecule has 0 spiro atoms. The van der Waals surface area contributed by atoms with Gasteiger partial charge in [-0.15, -0.1) is 11.6 Å². The minimum Gasteiger partial charge on any atom is -0.353 e. The number of carbonyl (C=O) groups is 3. The van der Waals surface area contributed by atoms with Gasteiger partial charge in [-0.1, -0.05) is 18.2 Å². The van der Waals surface area contributed by atoms with Crippen molar-refractivity contribution in [3.8, 4) is 0 Å². The van der Waals surface area contributed by atoms with Crippen molar-refractivity contribution < 1.29 is 14.4 Å². The lowest BCUT2D eigenvalue weighted by Crippen LogP contribution is -2.51. The fourth-order valence-electron chi connectivity index (χ4n) is 2.67. The third kappa shape index (κ3) is 5.46. The van der Waals surface area contributed by atoms with Crippen LogP contribution < -0.4 is 10.6 Å². The van der Waals surface area contributed by atoms with Crippen LogP contribution in [0, 0.1) is 5.41 Å². The molecule has 0 radical (unpaired) electrons. The first kappa shape index (κ1) is 20.2. The number of carbonyl (C=O) groups excluding carboxylic acids is 3. The van der Waals surface area contributed by atoms with Crippen LogP contribution in [0.2, 0.25) is 0 Å². The predicted octanol–water partition coefficient (Wildman–Crippen LogP) is 1.79. The van der Waals surface area contributed by atoms with Crippen molar-refractivity contribution in [2.45, 2.75) is 32.7 Å². The molecule has 1 heterocycles. The summed E-state index contributed by atoms with van der Waals surface area (Å²) in [4.78, 5) is 38.2. The minimum absolute atomic E-state index is 0.0238. The second-order valence-corrected chi connectivity index (χ2v) is 7.46. The molecular weight excluding hydrogens is 354 g/mol. The first-order valence-corrected chi connectivity index (χ1v) is 9.35. The van der Waals surface area contributed by atoms with Gasteiger partial charge in [-0.05, 0) is 38.8 Å². The number of likely N-dealkylation sites (tertiary alicyclic amines) is 1. The lowest BCUT2D eigenvalue weighted by atomic mass is 9.93. The van der Waals surface area contributed by atoms with E-state index in [1.165, 1.54) is 0 Å². The van der Waals surface area contributed by atoms with E-state index in [1.54, 1.807) is 29.2 Å². The van der Waals surface area contributed by atoms with E-state index >= 15 is 0 Å². The summed E-state index contributed by atoms with van der Waals surface area (Å²) >= 11 is 5.83. The number of piperidine rings is 1. The van der Waals surface area contributed by atoms with Gasteiger partial charge in [-0.25, -0.2) is 0 Å². The van der Waals surface area contributed by atoms with E-state index in [-0.39, 0.29) is 36.2 Å². The van der Waals surface area contributed by atoms with E-state index in [9.17, 15) is 14.4 Å². The molecule has 2 rings (SSSR count). The predicted molar refractivity (Wildman–Crippen MR) is 101 cm³/mol. The summed E-state index contributed by atoms with van der Waals surface area (Å²) in [6, 6.07) is 8.85. The monoisotopic (exact) mass is 379 g/mol. The van der Waals surface area contributed by atoms with Gasteiger partial charge in [0.2, 0.25) is 11.8 Å². The Morgan fingerprint density at radius 2 is 1.77 bits per heavy atom. The molecule has 142 valence electrons. The molecule has 1 aromatic rings. The van der Waals surface area contributed by atoms with Crippen LogP contribution in [0.5, 0.6) is 0 Å². The average Bonchev–Trinajstić information content (AvgIpc) is 2.67. The zero-order valence-electron chi connectivity index (χ0n) is 15.3. The highest BCUT2D eigenvalue weighted by Crippen LogP contribution is 2.19. The highest BCUT2D eigenvalue weighted by Gasteiger charge is 2.30. The second kappa shape index (κ2) is 9.03. The van der Waals surface area contributed by atoms with Gasteiger partial charge >= 0.3 is 0 Å². The van der Waals surface area contributed by atoms with Crippen molar-refractivity contribution in [1.82, 2.24) is 15.5 Å². The summed E-state index contributed by atoms with van der Waals surface area (Å²) in [5.74, 6) is -0.172. The summed E-state index contributed by atoms with van der Waals surface area (Å²) in [5.41, 5.74) is -0.0698. The molecule has 0 atom stereocenters. The van der Waals surface area contributed by atoms with E-state index in [0.717, 1.165) is 0 Å². The van der Waals surface area contributed by atoms with E-state index in [1.807, 2.05) is 19.9 Å². The van der Waals surface area contributed by atoms with Crippen LogP contribution in [-0.4, -0.2) is 54.2 Å². The number of hydrogen-bond acceptors (Lipinski definition) is 3. The maximum Gasteiger partial charge on any atom is 0.251 e. The minimum atomic E-state index is -0.601. The van der Waals surface area contributed by atoms with Crippen molar-refractivity contribution in [3.63, 3.8) is 0 Å². The van der Waals surface area contributed by atoms with Crippen molar-refractivity contribution in [2.24, 2.45) is 5.41 Å². The molecular formula is C19H26ClN3O3. The molecule has 7 heteroatoms. The Hall–Kier alpha value is -2.08. The molecule has 3 amide bonds. The first-order chi connectivity index (χ1) is 12.3. The van der Waals surface area contributed by atoms with Gasteiger partial charge in [0.1, 0.15) is 0 Å².